The van der Waals surface area contributed by atoms with Gasteiger partial charge in [-0.15, -0.1) is 0 Å². The first-order valence-corrected chi connectivity index (χ1v) is 5.90. The smallest absolute Gasteiger partial charge is 0.343 e. The van der Waals surface area contributed by atoms with Crippen molar-refractivity contribution >= 4 is 11.0 Å². The van der Waals surface area contributed by atoms with E-state index in [-0.39, 0.29) is 17.6 Å². The lowest BCUT2D eigenvalue weighted by Crippen LogP contribution is -2.23. The summed E-state index contributed by atoms with van der Waals surface area (Å²) in [5, 5.41) is 0.909. The molecule has 1 saturated carbocycles. The minimum atomic E-state index is -0.250. The summed E-state index contributed by atoms with van der Waals surface area (Å²) in [6, 6.07) is 7.55. The largest absolute Gasteiger partial charge is 0.489 e. The van der Waals surface area contributed by atoms with Crippen LogP contribution in [0.3, 0.4) is 0 Å². The molecule has 4 rings (SSSR count). The molecule has 0 N–H and O–H groups in total. The first-order valence-electron chi connectivity index (χ1n) is 5.90. The zero-order chi connectivity index (χ0) is 11.4. The van der Waals surface area contributed by atoms with E-state index in [1.165, 1.54) is 0 Å². The number of hydrogen-bond donors (Lipinski definition) is 0. The lowest BCUT2D eigenvalue weighted by atomic mass is 9.95. The van der Waals surface area contributed by atoms with E-state index in [0.29, 0.717) is 11.1 Å². The second-order valence-electron chi connectivity index (χ2n) is 4.66. The molecule has 1 radical (unpaired) electrons. The van der Waals surface area contributed by atoms with Crippen LogP contribution in [0, 0.1) is 6.42 Å². The summed E-state index contributed by atoms with van der Waals surface area (Å²) >= 11 is 0. The highest BCUT2D eigenvalue weighted by molar-refractivity contribution is 5.85. The van der Waals surface area contributed by atoms with Gasteiger partial charge in [0.05, 0.1) is 10.9 Å². The number of para-hydroxylation sites is 1. The first kappa shape index (κ1) is 9.28. The van der Waals surface area contributed by atoms with Gasteiger partial charge in [-0.2, -0.15) is 0 Å². The van der Waals surface area contributed by atoms with Gasteiger partial charge in [0.1, 0.15) is 17.4 Å². The molecule has 1 fully saturated rings. The van der Waals surface area contributed by atoms with Crippen LogP contribution in [0.2, 0.25) is 0 Å². The van der Waals surface area contributed by atoms with Crippen molar-refractivity contribution in [2.45, 2.75) is 24.9 Å². The van der Waals surface area contributed by atoms with Crippen molar-refractivity contribution in [3.63, 3.8) is 0 Å². The molecule has 3 heteroatoms. The van der Waals surface area contributed by atoms with E-state index in [1.54, 1.807) is 6.07 Å². The Hall–Kier alpha value is -1.77. The van der Waals surface area contributed by atoms with Gasteiger partial charge < -0.3 is 9.15 Å². The van der Waals surface area contributed by atoms with Crippen LogP contribution < -0.4 is 10.4 Å². The maximum atomic E-state index is 12.0. The van der Waals surface area contributed by atoms with Crippen molar-refractivity contribution in [2.24, 2.45) is 0 Å². The van der Waals surface area contributed by atoms with Crippen molar-refractivity contribution in [3.05, 3.63) is 46.7 Å². The zero-order valence-electron chi connectivity index (χ0n) is 9.18. The highest BCUT2D eigenvalue weighted by Crippen LogP contribution is 2.45. The van der Waals surface area contributed by atoms with E-state index in [1.807, 2.05) is 18.2 Å². The molecule has 1 aliphatic carbocycles. The summed E-state index contributed by atoms with van der Waals surface area (Å²) in [5.41, 5.74) is 1.07. The Bertz CT molecular complexity index is 656. The zero-order valence-corrected chi connectivity index (χ0v) is 9.18. The van der Waals surface area contributed by atoms with Crippen molar-refractivity contribution in [2.75, 3.05) is 0 Å². The van der Waals surface area contributed by atoms with Gasteiger partial charge >= 0.3 is 5.63 Å². The van der Waals surface area contributed by atoms with Gasteiger partial charge in [-0.1, -0.05) is 12.1 Å². The molecule has 85 valence electrons. The van der Waals surface area contributed by atoms with E-state index < -0.39 is 0 Å². The highest BCUT2D eigenvalue weighted by atomic mass is 16.5. The minimum absolute atomic E-state index is 0.165. The Balaban J connectivity index is 2.12. The molecule has 0 spiro atoms. The second kappa shape index (κ2) is 3.13. The van der Waals surface area contributed by atoms with Crippen LogP contribution in [0.25, 0.3) is 11.0 Å². The van der Waals surface area contributed by atoms with E-state index in [4.69, 9.17) is 9.15 Å². The molecule has 2 bridgehead atoms. The molecule has 1 aromatic heterocycles. The third-order valence-electron chi connectivity index (χ3n) is 3.65. The van der Waals surface area contributed by atoms with Crippen molar-refractivity contribution in [1.29, 1.82) is 0 Å². The maximum absolute atomic E-state index is 12.0. The molecule has 1 aliphatic heterocycles. The number of rotatable bonds is 0. The Morgan fingerprint density at radius 3 is 3.00 bits per heavy atom. The molecule has 1 aromatic carbocycles. The van der Waals surface area contributed by atoms with Crippen LogP contribution >= 0.6 is 0 Å². The first-order chi connectivity index (χ1) is 8.33. The predicted octanol–water partition coefficient (Wildman–Crippen LogP) is 2.64. The summed E-state index contributed by atoms with van der Waals surface area (Å²) in [6.45, 7) is 0. The van der Waals surface area contributed by atoms with E-state index in [9.17, 15) is 4.79 Å². The van der Waals surface area contributed by atoms with Crippen molar-refractivity contribution in [3.8, 4) is 5.75 Å². The Kier molecular flexibility index (Phi) is 1.71. The van der Waals surface area contributed by atoms with Gasteiger partial charge in [0.15, 0.2) is 0 Å². The van der Waals surface area contributed by atoms with Crippen LogP contribution in [-0.2, 0) is 0 Å². The van der Waals surface area contributed by atoms with Gasteiger partial charge in [0.2, 0.25) is 0 Å². The Labute approximate surface area is 98.0 Å². The quantitative estimate of drug-likeness (QED) is 0.649. The molecule has 0 saturated heterocycles. The number of fused-ring (bicyclic) bond motifs is 6. The molecule has 2 aliphatic rings. The van der Waals surface area contributed by atoms with Crippen LogP contribution in [0.4, 0.5) is 0 Å². The summed E-state index contributed by atoms with van der Waals surface area (Å²) in [5.74, 6) is 0.955. The molecule has 3 nitrogen and oxygen atoms in total. The third kappa shape index (κ3) is 1.19. The van der Waals surface area contributed by atoms with E-state index in [2.05, 4.69) is 6.42 Å². The van der Waals surface area contributed by atoms with Gasteiger partial charge in [0.25, 0.3) is 0 Å². The summed E-state index contributed by atoms with van der Waals surface area (Å²) in [7, 11) is 0. The fourth-order valence-corrected chi connectivity index (χ4v) is 2.87. The molecular formula is C14H11O3. The molecule has 0 unspecified atom stereocenters. The molecule has 2 heterocycles. The number of hydrogen-bond acceptors (Lipinski definition) is 3. The number of benzene rings is 1. The molecule has 2 atom stereocenters. The normalized spacial score (nSPS) is 25.6. The summed E-state index contributed by atoms with van der Waals surface area (Å²) < 4.78 is 11.3. The molecule has 2 aromatic rings. The Morgan fingerprint density at radius 2 is 2.06 bits per heavy atom. The summed E-state index contributed by atoms with van der Waals surface area (Å²) in [6.07, 6.45) is 4.26. The fourth-order valence-electron chi connectivity index (χ4n) is 2.87. The summed E-state index contributed by atoms with van der Waals surface area (Å²) in [4.78, 5) is 12.0. The van der Waals surface area contributed by atoms with Crippen LogP contribution in [-0.4, -0.2) is 6.10 Å². The standard InChI is InChI=1S/C14H11O3/c15-14-12-8-5-6-9(7-8)16-13(12)10-3-1-2-4-11(10)17-14/h1-4,7-9H,5-6H2/t8-,9+/m0/s1. The van der Waals surface area contributed by atoms with Gasteiger partial charge in [-0.25, -0.2) is 4.79 Å². The van der Waals surface area contributed by atoms with Gasteiger partial charge in [-0.05, 0) is 25.0 Å². The predicted molar refractivity (Wildman–Crippen MR) is 63.2 cm³/mol. The molecular weight excluding hydrogens is 216 g/mol. The molecule has 0 amide bonds. The SMILES string of the molecule is O=c1oc2ccccc2c2c1[C@@H]1[CH][C@@H](CC1)O2. The lowest BCUT2D eigenvalue weighted by molar-refractivity contribution is 0.233. The third-order valence-corrected chi connectivity index (χ3v) is 3.65. The second-order valence-corrected chi connectivity index (χ2v) is 4.66. The molecule has 17 heavy (non-hydrogen) atoms. The number of ether oxygens (including phenoxy) is 1. The maximum Gasteiger partial charge on any atom is 0.343 e. The van der Waals surface area contributed by atoms with Gasteiger partial charge in [0, 0.05) is 12.3 Å². The average Bonchev–Trinajstić information content (AvgIpc) is 2.71. The van der Waals surface area contributed by atoms with Crippen LogP contribution in [0.15, 0.2) is 33.5 Å². The topological polar surface area (TPSA) is 39.4 Å². The van der Waals surface area contributed by atoms with E-state index in [0.717, 1.165) is 24.0 Å². The Morgan fingerprint density at radius 1 is 1.18 bits per heavy atom. The van der Waals surface area contributed by atoms with Crippen molar-refractivity contribution < 1.29 is 9.15 Å². The van der Waals surface area contributed by atoms with Crippen LogP contribution in [0.1, 0.15) is 24.3 Å². The van der Waals surface area contributed by atoms with Crippen molar-refractivity contribution in [1.82, 2.24) is 0 Å². The average molecular weight is 227 g/mol. The fraction of sp³-hybridized carbons (Fsp3) is 0.286. The van der Waals surface area contributed by atoms with E-state index >= 15 is 0 Å². The monoisotopic (exact) mass is 227 g/mol. The highest BCUT2D eigenvalue weighted by Gasteiger charge is 2.38. The lowest BCUT2D eigenvalue weighted by Gasteiger charge is -2.23. The van der Waals surface area contributed by atoms with Crippen LogP contribution in [0.5, 0.6) is 5.75 Å². The minimum Gasteiger partial charge on any atom is -0.489 e. The van der Waals surface area contributed by atoms with Gasteiger partial charge in [-0.3, -0.25) is 0 Å².